The number of carboxylic acid groups (broad SMARTS) is 1. The van der Waals surface area contributed by atoms with Gasteiger partial charge in [-0.1, -0.05) is 12.1 Å². The third-order valence-electron chi connectivity index (χ3n) is 2.58. The molecule has 0 aliphatic carbocycles. The van der Waals surface area contributed by atoms with Crippen LogP contribution in [0.2, 0.25) is 0 Å². The average molecular weight is 273 g/mol. The number of nitrogens with one attached hydrogen (secondary N) is 1. The molecule has 0 saturated heterocycles. The van der Waals surface area contributed by atoms with Crippen LogP contribution in [0.5, 0.6) is 5.75 Å². The predicted molar refractivity (Wildman–Crippen MR) is 76.5 cm³/mol. The molecule has 0 atom stereocenters. The molecular formula is C14H15N3O3. The minimum absolute atomic E-state index is 0.0105. The number of nitrogen functional groups attached to an aromatic ring is 1. The molecule has 6 nitrogen and oxygen atoms in total. The van der Waals surface area contributed by atoms with E-state index in [2.05, 4.69) is 10.3 Å². The molecular weight excluding hydrogens is 258 g/mol. The zero-order chi connectivity index (χ0) is 14.5. The summed E-state index contributed by atoms with van der Waals surface area (Å²) in [7, 11) is 0. The fraction of sp³-hybridized carbons (Fsp3) is 0.143. The first kappa shape index (κ1) is 13.7. The highest BCUT2D eigenvalue weighted by Crippen LogP contribution is 2.28. The first-order valence-corrected chi connectivity index (χ1v) is 6.09. The summed E-state index contributed by atoms with van der Waals surface area (Å²) in [5.41, 5.74) is 6.51. The number of rotatable bonds is 5. The molecule has 0 bridgehead atoms. The van der Waals surface area contributed by atoms with E-state index in [1.165, 1.54) is 12.3 Å². The van der Waals surface area contributed by atoms with Crippen molar-refractivity contribution in [3.8, 4) is 5.75 Å². The standard InChI is InChI=1S/C14H15N3O3/c1-2-20-12-6-4-3-5-11(12)17-13-10(14(18)19)7-9(15)8-16-13/h3-8H,2,15H2,1H3,(H,16,17)(H,18,19). The zero-order valence-electron chi connectivity index (χ0n) is 11.0. The van der Waals surface area contributed by atoms with E-state index < -0.39 is 5.97 Å². The monoisotopic (exact) mass is 273 g/mol. The molecule has 1 aromatic heterocycles. The number of aromatic nitrogens is 1. The van der Waals surface area contributed by atoms with Crippen LogP contribution in [0.15, 0.2) is 36.5 Å². The van der Waals surface area contributed by atoms with Crippen molar-refractivity contribution in [2.45, 2.75) is 6.92 Å². The molecule has 0 aliphatic heterocycles. The maximum absolute atomic E-state index is 11.2. The van der Waals surface area contributed by atoms with Crippen molar-refractivity contribution in [3.63, 3.8) is 0 Å². The summed E-state index contributed by atoms with van der Waals surface area (Å²) in [4.78, 5) is 15.2. The number of carboxylic acids is 1. The molecule has 0 aliphatic rings. The number of ether oxygens (including phenoxy) is 1. The molecule has 0 amide bonds. The lowest BCUT2D eigenvalue weighted by Gasteiger charge is -2.13. The molecule has 2 rings (SSSR count). The fourth-order valence-corrected chi connectivity index (χ4v) is 1.72. The van der Waals surface area contributed by atoms with Gasteiger partial charge in [-0.05, 0) is 25.1 Å². The van der Waals surface area contributed by atoms with Crippen molar-refractivity contribution in [1.29, 1.82) is 0 Å². The minimum atomic E-state index is -1.10. The van der Waals surface area contributed by atoms with E-state index in [9.17, 15) is 9.90 Å². The maximum Gasteiger partial charge on any atom is 0.339 e. The number of pyridine rings is 1. The van der Waals surface area contributed by atoms with Crippen molar-refractivity contribution in [3.05, 3.63) is 42.1 Å². The summed E-state index contributed by atoms with van der Waals surface area (Å²) in [5.74, 6) is -0.245. The predicted octanol–water partition coefficient (Wildman–Crippen LogP) is 2.50. The molecule has 104 valence electrons. The van der Waals surface area contributed by atoms with Crippen LogP contribution in [-0.4, -0.2) is 22.7 Å². The first-order valence-electron chi connectivity index (χ1n) is 6.09. The number of para-hydroxylation sites is 2. The Bertz CT molecular complexity index is 629. The van der Waals surface area contributed by atoms with Gasteiger partial charge in [-0.3, -0.25) is 0 Å². The van der Waals surface area contributed by atoms with E-state index in [-0.39, 0.29) is 11.4 Å². The number of aromatic carboxylic acids is 1. The Labute approximate surface area is 116 Å². The number of hydrogen-bond acceptors (Lipinski definition) is 5. The number of nitrogens with zero attached hydrogens (tertiary/aromatic N) is 1. The Morgan fingerprint density at radius 2 is 2.20 bits per heavy atom. The Morgan fingerprint density at radius 1 is 1.45 bits per heavy atom. The van der Waals surface area contributed by atoms with Gasteiger partial charge in [0.05, 0.1) is 24.2 Å². The second kappa shape index (κ2) is 5.92. The van der Waals surface area contributed by atoms with Gasteiger partial charge in [0.25, 0.3) is 0 Å². The summed E-state index contributed by atoms with van der Waals surface area (Å²) in [5, 5.41) is 12.1. The molecule has 0 saturated carbocycles. The van der Waals surface area contributed by atoms with Gasteiger partial charge in [0.2, 0.25) is 0 Å². The second-order valence-electron chi connectivity index (χ2n) is 4.02. The van der Waals surface area contributed by atoms with Crippen LogP contribution in [0.3, 0.4) is 0 Å². The number of nitrogens with two attached hydrogens (primary N) is 1. The van der Waals surface area contributed by atoms with Gasteiger partial charge in [0, 0.05) is 0 Å². The Hall–Kier alpha value is -2.76. The van der Waals surface area contributed by atoms with Gasteiger partial charge in [-0.2, -0.15) is 0 Å². The van der Waals surface area contributed by atoms with E-state index >= 15 is 0 Å². The second-order valence-corrected chi connectivity index (χ2v) is 4.02. The highest BCUT2D eigenvalue weighted by Gasteiger charge is 2.13. The molecule has 0 unspecified atom stereocenters. The fourth-order valence-electron chi connectivity index (χ4n) is 1.72. The average Bonchev–Trinajstić information content (AvgIpc) is 2.43. The van der Waals surface area contributed by atoms with Crippen LogP contribution in [0.25, 0.3) is 0 Å². The van der Waals surface area contributed by atoms with Crippen LogP contribution in [-0.2, 0) is 0 Å². The van der Waals surface area contributed by atoms with Gasteiger partial charge < -0.3 is 20.9 Å². The molecule has 0 spiro atoms. The topological polar surface area (TPSA) is 97.5 Å². The van der Waals surface area contributed by atoms with Crippen molar-refractivity contribution in [1.82, 2.24) is 4.98 Å². The number of hydrogen-bond donors (Lipinski definition) is 3. The summed E-state index contributed by atoms with van der Waals surface area (Å²) in [6.07, 6.45) is 1.40. The third-order valence-corrected chi connectivity index (χ3v) is 2.58. The molecule has 0 fully saturated rings. The van der Waals surface area contributed by atoms with Crippen LogP contribution in [0.4, 0.5) is 17.2 Å². The summed E-state index contributed by atoms with van der Waals surface area (Å²) >= 11 is 0. The minimum Gasteiger partial charge on any atom is -0.492 e. The quantitative estimate of drug-likeness (QED) is 0.774. The van der Waals surface area contributed by atoms with Crippen molar-refractivity contribution in [2.75, 3.05) is 17.7 Å². The van der Waals surface area contributed by atoms with Crippen molar-refractivity contribution >= 4 is 23.2 Å². The highest BCUT2D eigenvalue weighted by atomic mass is 16.5. The van der Waals surface area contributed by atoms with Crippen LogP contribution >= 0.6 is 0 Å². The van der Waals surface area contributed by atoms with Crippen LogP contribution in [0, 0.1) is 0 Å². The highest BCUT2D eigenvalue weighted by molar-refractivity contribution is 5.95. The van der Waals surface area contributed by atoms with E-state index in [1.807, 2.05) is 19.1 Å². The third kappa shape index (κ3) is 2.97. The summed E-state index contributed by atoms with van der Waals surface area (Å²) < 4.78 is 5.47. The Morgan fingerprint density at radius 3 is 2.90 bits per heavy atom. The van der Waals surface area contributed by atoms with Gasteiger partial charge in [-0.25, -0.2) is 9.78 Å². The van der Waals surface area contributed by atoms with Gasteiger partial charge in [0.1, 0.15) is 17.1 Å². The number of carbonyl (C=O) groups is 1. The van der Waals surface area contributed by atoms with E-state index in [1.54, 1.807) is 12.1 Å². The molecule has 6 heteroatoms. The molecule has 1 heterocycles. The number of anilines is 3. The van der Waals surface area contributed by atoms with Gasteiger partial charge >= 0.3 is 5.97 Å². The molecule has 20 heavy (non-hydrogen) atoms. The summed E-state index contributed by atoms with van der Waals surface area (Å²) in [6.45, 7) is 2.39. The lowest BCUT2D eigenvalue weighted by molar-refractivity contribution is 0.0697. The van der Waals surface area contributed by atoms with E-state index in [0.29, 0.717) is 23.7 Å². The van der Waals surface area contributed by atoms with Crippen LogP contribution < -0.4 is 15.8 Å². The summed E-state index contributed by atoms with van der Waals surface area (Å²) in [6, 6.07) is 8.60. The largest absolute Gasteiger partial charge is 0.492 e. The number of benzene rings is 1. The van der Waals surface area contributed by atoms with E-state index in [4.69, 9.17) is 10.5 Å². The Kier molecular flexibility index (Phi) is 4.05. The molecule has 0 radical (unpaired) electrons. The molecule has 1 aromatic carbocycles. The normalized spacial score (nSPS) is 10.1. The van der Waals surface area contributed by atoms with Crippen molar-refractivity contribution < 1.29 is 14.6 Å². The lowest BCUT2D eigenvalue weighted by atomic mass is 10.2. The van der Waals surface area contributed by atoms with Gasteiger partial charge in [0.15, 0.2) is 0 Å². The SMILES string of the molecule is CCOc1ccccc1Nc1ncc(N)cc1C(=O)O. The lowest BCUT2D eigenvalue weighted by Crippen LogP contribution is -2.07. The maximum atomic E-state index is 11.2. The van der Waals surface area contributed by atoms with Gasteiger partial charge in [-0.15, -0.1) is 0 Å². The van der Waals surface area contributed by atoms with Crippen LogP contribution in [0.1, 0.15) is 17.3 Å². The first-order chi connectivity index (χ1) is 9.61. The Balaban J connectivity index is 2.37. The van der Waals surface area contributed by atoms with Crippen molar-refractivity contribution in [2.24, 2.45) is 0 Å². The molecule has 2 aromatic rings. The molecule has 4 N–H and O–H groups in total. The van der Waals surface area contributed by atoms with E-state index in [0.717, 1.165) is 0 Å². The zero-order valence-corrected chi connectivity index (χ0v) is 11.0. The smallest absolute Gasteiger partial charge is 0.339 e.